The minimum absolute atomic E-state index is 0.0199. The highest BCUT2D eigenvalue weighted by atomic mass is 32.1. The molecular formula is C17H22N4O2S. The number of carbonyl (C=O) groups excluding carboxylic acids is 2. The molecule has 24 heavy (non-hydrogen) atoms. The van der Waals surface area contributed by atoms with Crippen LogP contribution >= 0.6 is 11.3 Å². The van der Waals surface area contributed by atoms with Crippen molar-refractivity contribution in [2.45, 2.75) is 26.8 Å². The van der Waals surface area contributed by atoms with E-state index in [1.54, 1.807) is 17.4 Å². The molecule has 128 valence electrons. The lowest BCUT2D eigenvalue weighted by atomic mass is 10.1. The number of nitrogens with zero attached hydrogens (tertiary/aromatic N) is 1. The Morgan fingerprint density at radius 1 is 1.33 bits per heavy atom. The molecule has 0 aliphatic heterocycles. The molecule has 0 aliphatic carbocycles. The second-order valence-corrected chi connectivity index (χ2v) is 6.77. The van der Waals surface area contributed by atoms with Crippen molar-refractivity contribution in [1.82, 2.24) is 10.3 Å². The van der Waals surface area contributed by atoms with Gasteiger partial charge in [-0.05, 0) is 25.0 Å². The molecule has 7 heteroatoms. The fraction of sp³-hybridized carbons (Fsp3) is 0.353. The number of amides is 2. The van der Waals surface area contributed by atoms with Gasteiger partial charge in [0.25, 0.3) is 0 Å². The second kappa shape index (κ2) is 8.03. The summed E-state index contributed by atoms with van der Waals surface area (Å²) in [5, 5.41) is 8.19. The summed E-state index contributed by atoms with van der Waals surface area (Å²) in [6, 6.07) is 6.84. The molecule has 0 spiro atoms. The molecule has 0 fully saturated rings. The Hall–Kier alpha value is -2.25. The summed E-state index contributed by atoms with van der Waals surface area (Å²) >= 11 is 1.56. The highest BCUT2D eigenvalue weighted by molar-refractivity contribution is 7.13. The molecule has 1 aromatic heterocycles. The van der Waals surface area contributed by atoms with Gasteiger partial charge in [-0.1, -0.05) is 26.0 Å². The molecule has 0 bridgehead atoms. The second-order valence-electron chi connectivity index (χ2n) is 5.91. The summed E-state index contributed by atoms with van der Waals surface area (Å²) in [7, 11) is 0. The molecule has 2 aromatic rings. The van der Waals surface area contributed by atoms with E-state index in [2.05, 4.69) is 15.6 Å². The summed E-state index contributed by atoms with van der Waals surface area (Å²) in [5.41, 5.74) is 8.30. The quantitative estimate of drug-likeness (QED) is 0.746. The molecule has 4 N–H and O–H groups in total. The first-order valence-electron chi connectivity index (χ1n) is 7.72. The number of nitrogens with one attached hydrogen (secondary N) is 2. The van der Waals surface area contributed by atoms with Crippen LogP contribution in [0.15, 0.2) is 29.6 Å². The van der Waals surface area contributed by atoms with Crippen molar-refractivity contribution >= 4 is 28.8 Å². The molecule has 1 heterocycles. The van der Waals surface area contributed by atoms with Crippen molar-refractivity contribution in [2.75, 3.05) is 11.9 Å². The van der Waals surface area contributed by atoms with E-state index in [9.17, 15) is 9.59 Å². The number of rotatable bonds is 6. The van der Waals surface area contributed by atoms with Crippen molar-refractivity contribution in [1.29, 1.82) is 0 Å². The zero-order valence-electron chi connectivity index (χ0n) is 14.0. The topological polar surface area (TPSA) is 97.1 Å². The van der Waals surface area contributed by atoms with Gasteiger partial charge in [0.2, 0.25) is 11.8 Å². The average molecular weight is 346 g/mol. The minimum atomic E-state index is -0.616. The Bertz CT molecular complexity index is 727. The van der Waals surface area contributed by atoms with Crippen LogP contribution in [0.1, 0.15) is 19.5 Å². The first-order chi connectivity index (χ1) is 11.4. The van der Waals surface area contributed by atoms with Crippen LogP contribution in [0.5, 0.6) is 0 Å². The van der Waals surface area contributed by atoms with Crippen LogP contribution in [0, 0.1) is 12.8 Å². The van der Waals surface area contributed by atoms with Crippen molar-refractivity contribution < 1.29 is 9.59 Å². The number of anilines is 1. The zero-order chi connectivity index (χ0) is 17.7. The number of hydrogen-bond donors (Lipinski definition) is 3. The molecule has 0 radical (unpaired) electrons. The predicted molar refractivity (Wildman–Crippen MR) is 96.7 cm³/mol. The molecule has 2 rings (SSSR count). The van der Waals surface area contributed by atoms with Crippen LogP contribution in [-0.4, -0.2) is 29.4 Å². The number of nitrogens with two attached hydrogens (primary N) is 1. The van der Waals surface area contributed by atoms with E-state index in [1.807, 2.05) is 44.4 Å². The summed E-state index contributed by atoms with van der Waals surface area (Å²) in [6.07, 6.45) is 0. The molecule has 0 saturated carbocycles. The van der Waals surface area contributed by atoms with Gasteiger partial charge in [0.15, 0.2) is 0 Å². The van der Waals surface area contributed by atoms with Crippen LogP contribution in [-0.2, 0) is 9.59 Å². The average Bonchev–Trinajstić information content (AvgIpc) is 2.98. The van der Waals surface area contributed by atoms with Gasteiger partial charge < -0.3 is 16.4 Å². The highest BCUT2D eigenvalue weighted by Crippen LogP contribution is 2.25. The Labute approximate surface area is 145 Å². The first-order valence-corrected chi connectivity index (χ1v) is 8.60. The van der Waals surface area contributed by atoms with Crippen LogP contribution in [0.3, 0.4) is 0 Å². The number of hydrogen-bond acceptors (Lipinski definition) is 5. The van der Waals surface area contributed by atoms with Gasteiger partial charge in [-0.3, -0.25) is 9.59 Å². The summed E-state index contributed by atoms with van der Waals surface area (Å²) in [6.45, 7) is 5.54. The predicted octanol–water partition coefficient (Wildman–Crippen LogP) is 2.16. The number of aryl methyl sites for hydroxylation is 1. The summed E-state index contributed by atoms with van der Waals surface area (Å²) < 4.78 is 0. The zero-order valence-corrected chi connectivity index (χ0v) is 14.8. The van der Waals surface area contributed by atoms with Crippen molar-refractivity contribution in [3.63, 3.8) is 0 Å². The maximum Gasteiger partial charge on any atom is 0.243 e. The van der Waals surface area contributed by atoms with Crippen LogP contribution in [0.25, 0.3) is 10.6 Å². The van der Waals surface area contributed by atoms with Crippen LogP contribution < -0.4 is 16.4 Å². The normalized spacial score (nSPS) is 12.0. The number of aromatic nitrogens is 1. The smallest absolute Gasteiger partial charge is 0.243 e. The van der Waals surface area contributed by atoms with Gasteiger partial charge in [-0.15, -0.1) is 11.3 Å². The van der Waals surface area contributed by atoms with E-state index in [0.717, 1.165) is 16.3 Å². The van der Waals surface area contributed by atoms with E-state index in [4.69, 9.17) is 5.73 Å². The van der Waals surface area contributed by atoms with Crippen LogP contribution in [0.4, 0.5) is 5.69 Å². The van der Waals surface area contributed by atoms with Gasteiger partial charge >= 0.3 is 0 Å². The maximum atomic E-state index is 12.0. The SMILES string of the molecule is Cc1csc(-c2cccc(NC(=O)CNC(=O)[C@@H](N)C(C)C)c2)n1. The highest BCUT2D eigenvalue weighted by Gasteiger charge is 2.17. The van der Waals surface area contributed by atoms with E-state index < -0.39 is 6.04 Å². The Morgan fingerprint density at radius 3 is 2.71 bits per heavy atom. The first kappa shape index (κ1) is 18.1. The van der Waals surface area contributed by atoms with Gasteiger partial charge in [0.1, 0.15) is 5.01 Å². The summed E-state index contributed by atoms with van der Waals surface area (Å²) in [5.74, 6) is -0.606. The fourth-order valence-electron chi connectivity index (χ4n) is 2.01. The molecule has 0 saturated heterocycles. The summed E-state index contributed by atoms with van der Waals surface area (Å²) in [4.78, 5) is 28.2. The third-order valence-electron chi connectivity index (χ3n) is 3.46. The third kappa shape index (κ3) is 4.87. The number of thiazole rings is 1. The molecular weight excluding hydrogens is 324 g/mol. The molecule has 2 amide bonds. The lowest BCUT2D eigenvalue weighted by Gasteiger charge is -2.15. The lowest BCUT2D eigenvalue weighted by Crippen LogP contribution is -2.46. The molecule has 1 aromatic carbocycles. The molecule has 6 nitrogen and oxygen atoms in total. The maximum absolute atomic E-state index is 12.0. The van der Waals surface area contributed by atoms with E-state index in [-0.39, 0.29) is 24.3 Å². The van der Waals surface area contributed by atoms with Crippen LogP contribution in [0.2, 0.25) is 0 Å². The number of benzene rings is 1. The lowest BCUT2D eigenvalue weighted by molar-refractivity contribution is -0.125. The number of carbonyl (C=O) groups is 2. The van der Waals surface area contributed by atoms with Gasteiger partial charge in [-0.2, -0.15) is 0 Å². The molecule has 0 unspecified atom stereocenters. The van der Waals surface area contributed by atoms with Crippen molar-refractivity contribution in [2.24, 2.45) is 11.7 Å². The van der Waals surface area contributed by atoms with Crippen molar-refractivity contribution in [3.8, 4) is 10.6 Å². The Balaban J connectivity index is 1.94. The Kier molecular flexibility index (Phi) is 6.05. The van der Waals surface area contributed by atoms with Gasteiger partial charge in [0, 0.05) is 22.3 Å². The monoisotopic (exact) mass is 346 g/mol. The third-order valence-corrected chi connectivity index (χ3v) is 4.47. The largest absolute Gasteiger partial charge is 0.346 e. The van der Waals surface area contributed by atoms with Crippen molar-refractivity contribution in [3.05, 3.63) is 35.3 Å². The minimum Gasteiger partial charge on any atom is -0.346 e. The standard InChI is InChI=1S/C17H22N4O2S/c1-10(2)15(18)16(23)19-8-14(22)21-13-6-4-5-12(7-13)17-20-11(3)9-24-17/h4-7,9-10,15H,8,18H2,1-3H3,(H,19,23)(H,21,22)/t15-/m0/s1. The van der Waals surface area contributed by atoms with Gasteiger partial charge in [0.05, 0.1) is 12.6 Å². The molecule has 0 aliphatic rings. The van der Waals surface area contributed by atoms with E-state index >= 15 is 0 Å². The fourth-order valence-corrected chi connectivity index (χ4v) is 2.80. The van der Waals surface area contributed by atoms with E-state index in [1.165, 1.54) is 0 Å². The van der Waals surface area contributed by atoms with Gasteiger partial charge in [-0.25, -0.2) is 4.98 Å². The van der Waals surface area contributed by atoms with E-state index in [0.29, 0.717) is 5.69 Å². The Morgan fingerprint density at radius 2 is 2.08 bits per heavy atom. The molecule has 1 atom stereocenters.